The van der Waals surface area contributed by atoms with Crippen LogP contribution >= 0.6 is 0 Å². The minimum absolute atomic E-state index is 0.412. The molecule has 4 heteroatoms. The zero-order valence-electron chi connectivity index (χ0n) is 15.7. The Morgan fingerprint density at radius 3 is 1.79 bits per heavy atom. The monoisotopic (exact) mass is 372 g/mol. The van der Waals surface area contributed by atoms with E-state index in [-0.39, 0.29) is 0 Å². The molecule has 28 heavy (non-hydrogen) atoms. The second kappa shape index (κ2) is 8.82. The van der Waals surface area contributed by atoms with Crippen LogP contribution in [0.25, 0.3) is 6.08 Å². The van der Waals surface area contributed by atoms with Crippen molar-refractivity contribution in [3.63, 3.8) is 0 Å². The van der Waals surface area contributed by atoms with Crippen LogP contribution in [0, 0.1) is 13.8 Å². The van der Waals surface area contributed by atoms with Gasteiger partial charge in [-0.05, 0) is 61.9 Å². The van der Waals surface area contributed by atoms with Crippen LogP contribution in [0.2, 0.25) is 0 Å². The van der Waals surface area contributed by atoms with E-state index in [0.29, 0.717) is 17.1 Å². The molecule has 0 aliphatic heterocycles. The van der Waals surface area contributed by atoms with E-state index in [4.69, 9.17) is 9.47 Å². The summed E-state index contributed by atoms with van der Waals surface area (Å²) in [6, 6.07) is 21.3. The Bertz CT molecular complexity index is 982. The van der Waals surface area contributed by atoms with Gasteiger partial charge in [-0.3, -0.25) is 0 Å². The zero-order valence-corrected chi connectivity index (χ0v) is 15.7. The predicted molar refractivity (Wildman–Crippen MR) is 108 cm³/mol. The minimum Gasteiger partial charge on any atom is -0.423 e. The molecule has 3 aromatic carbocycles. The lowest BCUT2D eigenvalue weighted by Crippen LogP contribution is -2.08. The molecule has 3 rings (SSSR count). The Balaban J connectivity index is 1.56. The third-order valence-corrected chi connectivity index (χ3v) is 4.03. The molecule has 0 saturated carbocycles. The van der Waals surface area contributed by atoms with E-state index in [1.807, 2.05) is 38.1 Å². The summed E-state index contributed by atoms with van der Waals surface area (Å²) in [6.07, 6.45) is 3.00. The summed E-state index contributed by atoms with van der Waals surface area (Å²) >= 11 is 0. The molecule has 0 spiro atoms. The van der Waals surface area contributed by atoms with Crippen molar-refractivity contribution in [3.05, 3.63) is 101 Å². The molecular weight excluding hydrogens is 352 g/mol. The predicted octanol–water partition coefficient (Wildman–Crippen LogP) is 5.14. The summed E-state index contributed by atoms with van der Waals surface area (Å²) in [4.78, 5) is 24.0. The van der Waals surface area contributed by atoms with Gasteiger partial charge in [-0.25, -0.2) is 9.59 Å². The van der Waals surface area contributed by atoms with Crippen molar-refractivity contribution in [2.75, 3.05) is 0 Å². The molecule has 0 N–H and O–H groups in total. The smallest absolute Gasteiger partial charge is 0.343 e. The summed E-state index contributed by atoms with van der Waals surface area (Å²) in [6.45, 7) is 3.92. The molecule has 140 valence electrons. The number of hydrogen-bond acceptors (Lipinski definition) is 4. The van der Waals surface area contributed by atoms with Gasteiger partial charge in [-0.15, -0.1) is 0 Å². The molecule has 0 saturated heterocycles. The van der Waals surface area contributed by atoms with Crippen molar-refractivity contribution in [2.24, 2.45) is 0 Å². The second-order valence-electron chi connectivity index (χ2n) is 6.39. The summed E-state index contributed by atoms with van der Waals surface area (Å²) in [5.41, 5.74) is 3.46. The summed E-state index contributed by atoms with van der Waals surface area (Å²) in [7, 11) is 0. The largest absolute Gasteiger partial charge is 0.423 e. The Morgan fingerprint density at radius 2 is 1.18 bits per heavy atom. The highest BCUT2D eigenvalue weighted by atomic mass is 16.5. The Morgan fingerprint density at radius 1 is 0.679 bits per heavy atom. The molecule has 3 aromatic rings. The molecule has 4 nitrogen and oxygen atoms in total. The molecule has 0 aromatic heterocycles. The van der Waals surface area contributed by atoms with Crippen LogP contribution in [0.1, 0.15) is 27.0 Å². The van der Waals surface area contributed by atoms with E-state index in [0.717, 1.165) is 16.7 Å². The third kappa shape index (κ3) is 5.42. The van der Waals surface area contributed by atoms with Crippen LogP contribution in [0.3, 0.4) is 0 Å². The fraction of sp³-hybridized carbons (Fsp3) is 0.0833. The first-order chi connectivity index (χ1) is 13.5. The van der Waals surface area contributed by atoms with Crippen LogP contribution in [0.15, 0.2) is 78.9 Å². The van der Waals surface area contributed by atoms with Crippen molar-refractivity contribution in [1.29, 1.82) is 0 Å². The fourth-order valence-electron chi connectivity index (χ4n) is 2.42. The topological polar surface area (TPSA) is 52.6 Å². The fourth-order valence-corrected chi connectivity index (χ4v) is 2.42. The van der Waals surface area contributed by atoms with Crippen molar-refractivity contribution in [2.45, 2.75) is 13.8 Å². The molecule has 0 aliphatic carbocycles. The van der Waals surface area contributed by atoms with Gasteiger partial charge in [0.1, 0.15) is 11.5 Å². The number of ether oxygens (including phenoxy) is 2. The SMILES string of the molecule is Cc1ccc(OC(=O)/C=C/c2ccc(OC(=O)c3ccc(C)cc3)cc2)cc1. The molecule has 0 unspecified atom stereocenters. The number of aryl methyl sites for hydroxylation is 2. The number of carbonyl (C=O) groups is 2. The average molecular weight is 372 g/mol. The first-order valence-corrected chi connectivity index (χ1v) is 8.85. The van der Waals surface area contributed by atoms with Gasteiger partial charge in [0.25, 0.3) is 0 Å². The van der Waals surface area contributed by atoms with E-state index >= 15 is 0 Å². The van der Waals surface area contributed by atoms with Gasteiger partial charge in [0.05, 0.1) is 5.56 Å². The lowest BCUT2D eigenvalue weighted by Gasteiger charge is -2.05. The van der Waals surface area contributed by atoms with E-state index < -0.39 is 11.9 Å². The Hall–Kier alpha value is -3.66. The second-order valence-corrected chi connectivity index (χ2v) is 6.39. The van der Waals surface area contributed by atoms with Crippen LogP contribution in [0.5, 0.6) is 11.5 Å². The van der Waals surface area contributed by atoms with Gasteiger partial charge in [0.15, 0.2) is 0 Å². The van der Waals surface area contributed by atoms with Gasteiger partial charge in [0.2, 0.25) is 0 Å². The van der Waals surface area contributed by atoms with E-state index in [1.165, 1.54) is 6.08 Å². The first-order valence-electron chi connectivity index (χ1n) is 8.85. The molecule has 0 fully saturated rings. The summed E-state index contributed by atoms with van der Waals surface area (Å²) in [5, 5.41) is 0. The van der Waals surface area contributed by atoms with E-state index in [9.17, 15) is 9.59 Å². The van der Waals surface area contributed by atoms with Crippen LogP contribution in [-0.4, -0.2) is 11.9 Å². The van der Waals surface area contributed by atoms with Crippen molar-refractivity contribution in [1.82, 2.24) is 0 Å². The van der Waals surface area contributed by atoms with Crippen molar-refractivity contribution >= 4 is 18.0 Å². The summed E-state index contributed by atoms with van der Waals surface area (Å²) in [5.74, 6) is 0.0623. The lowest BCUT2D eigenvalue weighted by atomic mass is 10.1. The summed E-state index contributed by atoms with van der Waals surface area (Å²) < 4.78 is 10.6. The molecular formula is C24H20O4. The molecule has 0 atom stereocenters. The molecule has 0 radical (unpaired) electrons. The minimum atomic E-state index is -0.460. The van der Waals surface area contributed by atoms with Gasteiger partial charge < -0.3 is 9.47 Å². The number of hydrogen-bond donors (Lipinski definition) is 0. The zero-order chi connectivity index (χ0) is 19.9. The highest BCUT2D eigenvalue weighted by Gasteiger charge is 2.08. The lowest BCUT2D eigenvalue weighted by molar-refractivity contribution is -0.128. The maximum absolute atomic E-state index is 12.1. The van der Waals surface area contributed by atoms with Crippen molar-refractivity contribution in [3.8, 4) is 11.5 Å². The first kappa shape index (κ1) is 19.1. The highest BCUT2D eigenvalue weighted by Crippen LogP contribution is 2.16. The molecule has 0 aliphatic rings. The van der Waals surface area contributed by atoms with Crippen LogP contribution in [-0.2, 0) is 4.79 Å². The Kier molecular flexibility index (Phi) is 6.02. The number of carbonyl (C=O) groups excluding carboxylic acids is 2. The molecule has 0 amide bonds. The van der Waals surface area contributed by atoms with Crippen molar-refractivity contribution < 1.29 is 19.1 Å². The third-order valence-electron chi connectivity index (χ3n) is 4.03. The van der Waals surface area contributed by atoms with Gasteiger partial charge in [-0.2, -0.15) is 0 Å². The van der Waals surface area contributed by atoms with E-state index in [2.05, 4.69) is 0 Å². The normalized spacial score (nSPS) is 10.6. The molecule has 0 heterocycles. The van der Waals surface area contributed by atoms with Gasteiger partial charge in [0, 0.05) is 6.08 Å². The van der Waals surface area contributed by atoms with Crippen LogP contribution in [0.4, 0.5) is 0 Å². The van der Waals surface area contributed by atoms with Crippen LogP contribution < -0.4 is 9.47 Å². The van der Waals surface area contributed by atoms with E-state index in [1.54, 1.807) is 54.6 Å². The number of rotatable bonds is 5. The number of benzene rings is 3. The maximum Gasteiger partial charge on any atom is 0.343 e. The molecule has 0 bridgehead atoms. The quantitative estimate of drug-likeness (QED) is 0.353. The maximum atomic E-state index is 12.1. The standard InChI is InChI=1S/C24H20O4/c1-17-3-10-20(11-4-17)24(26)28-22-14-7-19(8-15-22)9-16-23(25)27-21-12-5-18(2)6-13-21/h3-16H,1-2H3/b16-9+. The van der Waals surface area contributed by atoms with Gasteiger partial charge in [-0.1, -0.05) is 47.5 Å². The Labute approximate surface area is 164 Å². The average Bonchev–Trinajstić information content (AvgIpc) is 2.70. The highest BCUT2D eigenvalue weighted by molar-refractivity contribution is 5.91. The number of esters is 2. The van der Waals surface area contributed by atoms with Gasteiger partial charge >= 0.3 is 11.9 Å².